The lowest BCUT2D eigenvalue weighted by Crippen LogP contribution is -2.73. The third-order valence-corrected chi connectivity index (χ3v) is 11.0. The van der Waals surface area contributed by atoms with Crippen LogP contribution in [0.5, 0.6) is 0 Å². The summed E-state index contributed by atoms with van der Waals surface area (Å²) in [5.74, 6) is -1.52. The van der Waals surface area contributed by atoms with Crippen molar-refractivity contribution in [3.63, 3.8) is 0 Å². The Balaban J connectivity index is 1.26. The Morgan fingerprint density at radius 3 is 2.74 bits per heavy atom. The molecule has 14 heteroatoms. The maximum Gasteiger partial charge on any atom is 0.316 e. The Bertz CT molecular complexity index is 1540. The van der Waals surface area contributed by atoms with Gasteiger partial charge >= 0.3 is 5.97 Å². The van der Waals surface area contributed by atoms with Gasteiger partial charge in [0.15, 0.2) is 5.43 Å². The highest BCUT2D eigenvalue weighted by atomic mass is 32.2. The van der Waals surface area contributed by atoms with E-state index in [1.807, 2.05) is 30.3 Å². The first-order valence-electron chi connectivity index (χ1n) is 11.2. The van der Waals surface area contributed by atoms with E-state index in [2.05, 4.69) is 5.32 Å². The van der Waals surface area contributed by atoms with Gasteiger partial charge in [-0.25, -0.2) is 0 Å². The Kier molecular flexibility index (Phi) is 7.31. The summed E-state index contributed by atoms with van der Waals surface area (Å²) in [6, 6.07) is 9.84. The Labute approximate surface area is 231 Å². The van der Waals surface area contributed by atoms with E-state index >= 15 is 0 Å². The van der Waals surface area contributed by atoms with Gasteiger partial charge in [-0.05, 0) is 11.0 Å². The smallest absolute Gasteiger partial charge is 0.316 e. The number of hydrogen-bond donors (Lipinski definition) is 2. The summed E-state index contributed by atoms with van der Waals surface area (Å²) in [5.41, 5.74) is -0.984. The lowest BCUT2D eigenvalue weighted by Gasteiger charge is -2.53. The fraction of sp³-hybridized carbons (Fsp3) is 0.250. The third-order valence-electron chi connectivity index (χ3n) is 6.23. The van der Waals surface area contributed by atoms with Gasteiger partial charge in [-0.15, -0.1) is 34.4 Å². The van der Waals surface area contributed by atoms with Crippen LogP contribution >= 0.6 is 46.2 Å². The SMILES string of the molecule is O=C(Cc1ccccc1)NC1C(=O)N2CC(C=CSc3cc(=O)c4scc([N+](=O)[O-])c4s3)(C(=O)O)CS[C@H]12. The molecule has 2 fully saturated rings. The molecular formula is C24H19N3O7S4. The van der Waals surface area contributed by atoms with Gasteiger partial charge in [-0.1, -0.05) is 48.2 Å². The summed E-state index contributed by atoms with van der Waals surface area (Å²) < 4.78 is 1.09. The van der Waals surface area contributed by atoms with Crippen molar-refractivity contribution in [2.45, 2.75) is 22.0 Å². The molecule has 0 bridgehead atoms. The van der Waals surface area contributed by atoms with Gasteiger partial charge in [0.2, 0.25) is 11.8 Å². The second-order valence-corrected chi connectivity index (χ2v) is 13.0. The van der Waals surface area contributed by atoms with Crippen molar-refractivity contribution >= 4 is 79.1 Å². The van der Waals surface area contributed by atoms with E-state index in [1.165, 1.54) is 34.2 Å². The highest BCUT2D eigenvalue weighted by Gasteiger charge is 2.56. The van der Waals surface area contributed by atoms with Crippen LogP contribution in [0.2, 0.25) is 0 Å². The maximum absolute atomic E-state index is 12.8. The highest BCUT2D eigenvalue weighted by molar-refractivity contribution is 8.04. The summed E-state index contributed by atoms with van der Waals surface area (Å²) in [6.07, 6.45) is 1.65. The largest absolute Gasteiger partial charge is 0.481 e. The van der Waals surface area contributed by atoms with E-state index in [0.29, 0.717) is 13.6 Å². The first-order valence-corrected chi connectivity index (χ1v) is 14.8. The molecule has 196 valence electrons. The van der Waals surface area contributed by atoms with Crippen molar-refractivity contribution < 1.29 is 24.4 Å². The highest BCUT2D eigenvalue weighted by Crippen LogP contribution is 2.44. The molecule has 38 heavy (non-hydrogen) atoms. The first kappa shape index (κ1) is 26.4. The van der Waals surface area contributed by atoms with Gasteiger partial charge in [0, 0.05) is 18.4 Å². The molecule has 2 amide bonds. The number of thiophene rings is 1. The van der Waals surface area contributed by atoms with Crippen LogP contribution in [0.4, 0.5) is 5.69 Å². The third kappa shape index (κ3) is 4.96. The molecule has 0 radical (unpaired) electrons. The number of rotatable bonds is 8. The molecule has 2 aliphatic rings. The van der Waals surface area contributed by atoms with E-state index in [1.54, 1.807) is 5.41 Å². The molecule has 0 spiro atoms. The molecule has 3 atom stereocenters. The van der Waals surface area contributed by atoms with Crippen molar-refractivity contribution in [1.82, 2.24) is 10.2 Å². The molecule has 4 heterocycles. The minimum atomic E-state index is -1.35. The Hall–Kier alpha value is -3.20. The summed E-state index contributed by atoms with van der Waals surface area (Å²) >= 11 is 4.52. The second kappa shape index (κ2) is 10.5. The molecule has 10 nitrogen and oxygen atoms in total. The molecular weight excluding hydrogens is 571 g/mol. The Morgan fingerprint density at radius 1 is 1.26 bits per heavy atom. The maximum atomic E-state index is 12.8. The van der Waals surface area contributed by atoms with E-state index in [4.69, 9.17) is 0 Å². The molecule has 0 aliphatic carbocycles. The minimum absolute atomic E-state index is 0.0494. The van der Waals surface area contributed by atoms with Crippen LogP contribution in [-0.2, 0) is 20.8 Å². The number of carboxylic acids is 1. The van der Waals surface area contributed by atoms with Crippen molar-refractivity contribution in [3.05, 3.63) is 79.2 Å². The zero-order chi connectivity index (χ0) is 27.0. The minimum Gasteiger partial charge on any atom is -0.481 e. The zero-order valence-electron chi connectivity index (χ0n) is 19.4. The van der Waals surface area contributed by atoms with E-state index in [9.17, 15) is 34.4 Å². The van der Waals surface area contributed by atoms with Crippen molar-refractivity contribution in [2.24, 2.45) is 5.41 Å². The van der Waals surface area contributed by atoms with Crippen LogP contribution in [0.1, 0.15) is 5.56 Å². The number of aliphatic carboxylic acids is 1. The number of hydrogen-bond acceptors (Lipinski definition) is 10. The normalized spacial score (nSPS) is 22.7. The van der Waals surface area contributed by atoms with Gasteiger partial charge in [0.05, 0.1) is 25.6 Å². The molecule has 1 aromatic carbocycles. The summed E-state index contributed by atoms with van der Waals surface area (Å²) in [6.45, 7) is -0.0494. The predicted molar refractivity (Wildman–Crippen MR) is 148 cm³/mol. The van der Waals surface area contributed by atoms with Gasteiger partial charge in [0.25, 0.3) is 5.69 Å². The number of carbonyl (C=O) groups excluding carboxylic acids is 2. The fourth-order valence-corrected chi connectivity index (χ4v) is 8.95. The number of fused-ring (bicyclic) bond motifs is 2. The average molecular weight is 590 g/mol. The van der Waals surface area contributed by atoms with Crippen LogP contribution in [0, 0.1) is 15.5 Å². The lowest BCUT2D eigenvalue weighted by atomic mass is 9.87. The summed E-state index contributed by atoms with van der Waals surface area (Å²) in [5, 5.41) is 26.6. The fourth-order valence-electron chi connectivity index (χ4n) is 4.23. The van der Waals surface area contributed by atoms with Gasteiger partial charge < -0.3 is 15.3 Å². The monoisotopic (exact) mass is 589 g/mol. The van der Waals surface area contributed by atoms with Gasteiger partial charge in [0.1, 0.15) is 21.5 Å². The number of benzene rings is 1. The number of carbonyl (C=O) groups is 3. The zero-order valence-corrected chi connectivity index (χ0v) is 22.7. The topological polar surface area (TPSA) is 147 Å². The van der Waals surface area contributed by atoms with Crippen LogP contribution in [-0.4, -0.2) is 56.4 Å². The molecule has 2 aliphatic heterocycles. The molecule has 5 rings (SSSR count). The first-order chi connectivity index (χ1) is 18.2. The van der Waals surface area contributed by atoms with Crippen LogP contribution < -0.4 is 10.7 Å². The molecule has 2 aromatic heterocycles. The van der Waals surface area contributed by atoms with Crippen molar-refractivity contribution in [1.29, 1.82) is 0 Å². The number of amides is 2. The molecule has 2 unspecified atom stereocenters. The van der Waals surface area contributed by atoms with E-state index < -0.39 is 22.3 Å². The number of nitrogens with one attached hydrogen (secondary N) is 1. The number of carboxylic acid groups (broad SMARTS) is 1. The molecule has 0 saturated carbocycles. The van der Waals surface area contributed by atoms with Crippen LogP contribution in [0.15, 0.2) is 62.3 Å². The molecule has 3 aromatic rings. The molecule has 2 saturated heterocycles. The average Bonchev–Trinajstić information content (AvgIpc) is 3.33. The van der Waals surface area contributed by atoms with Gasteiger partial charge in [-0.2, -0.15) is 0 Å². The number of nitrogens with zero attached hydrogens (tertiary/aromatic N) is 2. The quantitative estimate of drug-likeness (QED) is 0.174. The van der Waals surface area contributed by atoms with Gasteiger partial charge in [-0.3, -0.25) is 29.3 Å². The van der Waals surface area contributed by atoms with Crippen LogP contribution in [0.3, 0.4) is 0 Å². The van der Waals surface area contributed by atoms with E-state index in [-0.39, 0.29) is 47.0 Å². The van der Waals surface area contributed by atoms with Crippen molar-refractivity contribution in [2.75, 3.05) is 12.3 Å². The predicted octanol–water partition coefficient (Wildman–Crippen LogP) is 3.55. The standard InChI is InChI=1S/C24H19N3O7S4/c28-15-9-17(38-19-14(27(33)34)10-36-20(15)19)35-7-6-24(23(31)32)11-26-21(30)18(22(26)37-12-24)25-16(29)8-13-4-2-1-3-5-13/h1-7,9-10,18,22H,8,11-12H2,(H,25,29)(H,31,32)/t18?,22-,24?/m1/s1. The second-order valence-electron chi connectivity index (χ2n) is 8.72. The number of nitro groups is 1. The van der Waals surface area contributed by atoms with Crippen LogP contribution in [0.25, 0.3) is 9.40 Å². The summed E-state index contributed by atoms with van der Waals surface area (Å²) in [4.78, 5) is 62.1. The van der Waals surface area contributed by atoms with E-state index in [0.717, 1.165) is 40.0 Å². The number of thioether (sulfide) groups is 2. The lowest BCUT2D eigenvalue weighted by molar-refractivity contribution is -0.382. The molecule has 2 N–H and O–H groups in total. The Morgan fingerprint density at radius 2 is 2.03 bits per heavy atom. The number of β-lactam (4-membered cyclic amide) rings is 1. The summed E-state index contributed by atoms with van der Waals surface area (Å²) in [7, 11) is 0. The van der Waals surface area contributed by atoms with Crippen molar-refractivity contribution in [3.8, 4) is 0 Å².